The number of piperidine rings is 2. The molecule has 2 aromatic heterocycles. The molecule has 10 heteroatoms. The van der Waals surface area contributed by atoms with E-state index in [9.17, 15) is 0 Å². The molecule has 2 fully saturated rings. The zero-order chi connectivity index (χ0) is 22.1. The zero-order valence-corrected chi connectivity index (χ0v) is 22.2. The van der Waals surface area contributed by atoms with Gasteiger partial charge in [-0.15, -0.1) is 35.0 Å². The summed E-state index contributed by atoms with van der Waals surface area (Å²) in [5.74, 6) is 2.54. The number of anilines is 1. The first-order valence-corrected chi connectivity index (χ1v) is 12.1. The van der Waals surface area contributed by atoms with Crippen molar-refractivity contribution in [3.8, 4) is 0 Å². The van der Waals surface area contributed by atoms with Crippen LogP contribution >= 0.6 is 48.0 Å². The summed E-state index contributed by atoms with van der Waals surface area (Å²) in [6.45, 7) is 3.74. The highest BCUT2D eigenvalue weighted by molar-refractivity contribution is 6.38. The summed E-state index contributed by atoms with van der Waals surface area (Å²) < 4.78 is 2.27. The molecule has 2 aliphatic heterocycles. The molecule has 0 amide bonds. The molecular formula is C24H30Cl4N6. The fourth-order valence-corrected chi connectivity index (χ4v) is 6.04. The van der Waals surface area contributed by atoms with Gasteiger partial charge in [0, 0.05) is 38.4 Å². The second kappa shape index (κ2) is 11.4. The summed E-state index contributed by atoms with van der Waals surface area (Å²) in [6, 6.07) is 10.8. The molecule has 0 unspecified atom stereocenters. The number of halogens is 4. The molecule has 4 heterocycles. The minimum Gasteiger partial charge on any atom is -0.369 e. The van der Waals surface area contributed by atoms with Crippen molar-refractivity contribution in [1.82, 2.24) is 25.1 Å². The van der Waals surface area contributed by atoms with Crippen molar-refractivity contribution in [3.05, 3.63) is 70.0 Å². The quantitative estimate of drug-likeness (QED) is 0.476. The van der Waals surface area contributed by atoms with Crippen molar-refractivity contribution in [1.29, 1.82) is 0 Å². The Hall–Kier alpha value is -1.57. The predicted molar refractivity (Wildman–Crippen MR) is 143 cm³/mol. The molecule has 0 atom stereocenters. The SMILES string of the molecule is Cl.Cl.Cn1c(C2CCN(c3c(Cl)cncc3Cl)CC2)nnc1C1(c2ccccc2)CCNCC1. The maximum absolute atomic E-state index is 6.38. The van der Waals surface area contributed by atoms with Crippen LogP contribution in [-0.2, 0) is 12.5 Å². The summed E-state index contributed by atoms with van der Waals surface area (Å²) in [4.78, 5) is 6.34. The maximum atomic E-state index is 6.38. The standard InChI is InChI=1S/C24H28Cl2N6.2ClH/c1-31-22(17-7-13-32(14-8-17)21-19(25)15-28-16-20(21)26)29-30-23(31)24(9-11-27-12-10-24)18-5-3-2-4-6-18;;/h2-6,15-17,27H,7-14H2,1H3;2*1H. The third kappa shape index (κ3) is 4.89. The van der Waals surface area contributed by atoms with E-state index in [-0.39, 0.29) is 30.2 Å². The molecule has 0 aliphatic carbocycles. The molecule has 5 rings (SSSR count). The summed E-state index contributed by atoms with van der Waals surface area (Å²) >= 11 is 12.8. The van der Waals surface area contributed by atoms with Crippen molar-refractivity contribution in [2.24, 2.45) is 7.05 Å². The van der Waals surface area contributed by atoms with E-state index >= 15 is 0 Å². The largest absolute Gasteiger partial charge is 0.369 e. The highest BCUT2D eigenvalue weighted by atomic mass is 35.5. The van der Waals surface area contributed by atoms with E-state index in [4.69, 9.17) is 33.4 Å². The fourth-order valence-electron chi connectivity index (χ4n) is 5.43. The van der Waals surface area contributed by atoms with Gasteiger partial charge in [0.1, 0.15) is 11.6 Å². The molecule has 0 bridgehead atoms. The van der Waals surface area contributed by atoms with Gasteiger partial charge >= 0.3 is 0 Å². The minimum atomic E-state index is -0.0920. The molecule has 184 valence electrons. The van der Waals surface area contributed by atoms with Crippen LogP contribution in [0.3, 0.4) is 0 Å². The normalized spacial score (nSPS) is 18.1. The lowest BCUT2D eigenvalue weighted by Gasteiger charge is -2.37. The number of hydrogen-bond donors (Lipinski definition) is 1. The molecular weight excluding hydrogens is 514 g/mol. The van der Waals surface area contributed by atoms with Gasteiger partial charge in [0.15, 0.2) is 0 Å². The van der Waals surface area contributed by atoms with E-state index in [0.717, 1.165) is 69.2 Å². The Labute approximate surface area is 223 Å². The first-order valence-electron chi connectivity index (χ1n) is 11.3. The number of benzene rings is 1. The van der Waals surface area contributed by atoms with Gasteiger partial charge in [0.05, 0.1) is 21.1 Å². The number of pyridine rings is 1. The highest BCUT2D eigenvalue weighted by Gasteiger charge is 2.41. The average molecular weight is 544 g/mol. The minimum absolute atomic E-state index is 0. The van der Waals surface area contributed by atoms with Crippen molar-refractivity contribution < 1.29 is 0 Å². The third-order valence-corrected chi connectivity index (χ3v) is 7.68. The average Bonchev–Trinajstić information content (AvgIpc) is 3.22. The Morgan fingerprint density at radius 3 is 2.18 bits per heavy atom. The Morgan fingerprint density at radius 2 is 1.56 bits per heavy atom. The number of hydrogen-bond acceptors (Lipinski definition) is 5. The molecule has 3 aromatic rings. The number of aromatic nitrogens is 4. The van der Waals surface area contributed by atoms with Crippen LogP contribution in [0.15, 0.2) is 42.7 Å². The van der Waals surface area contributed by atoms with E-state index in [1.54, 1.807) is 12.4 Å². The van der Waals surface area contributed by atoms with Crippen LogP contribution in [-0.4, -0.2) is 45.9 Å². The molecule has 0 radical (unpaired) electrons. The van der Waals surface area contributed by atoms with Gasteiger partial charge in [-0.1, -0.05) is 53.5 Å². The summed E-state index contributed by atoms with van der Waals surface area (Å²) in [6.07, 6.45) is 7.35. The number of nitrogens with zero attached hydrogens (tertiary/aromatic N) is 5. The second-order valence-corrected chi connectivity index (χ2v) is 9.67. The summed E-state index contributed by atoms with van der Waals surface area (Å²) in [7, 11) is 2.14. The second-order valence-electron chi connectivity index (χ2n) is 8.85. The lowest BCUT2D eigenvalue weighted by molar-refractivity contribution is 0.336. The molecule has 0 saturated carbocycles. The van der Waals surface area contributed by atoms with Crippen LogP contribution in [0.25, 0.3) is 0 Å². The lowest BCUT2D eigenvalue weighted by atomic mass is 9.72. The molecule has 34 heavy (non-hydrogen) atoms. The van der Waals surface area contributed by atoms with E-state index in [2.05, 4.69) is 57.1 Å². The van der Waals surface area contributed by atoms with Gasteiger partial charge in [-0.3, -0.25) is 4.98 Å². The van der Waals surface area contributed by atoms with Crippen LogP contribution in [0.2, 0.25) is 10.0 Å². The van der Waals surface area contributed by atoms with Crippen molar-refractivity contribution in [2.45, 2.75) is 37.0 Å². The van der Waals surface area contributed by atoms with Gasteiger partial charge in [0.2, 0.25) is 0 Å². The van der Waals surface area contributed by atoms with Crippen molar-refractivity contribution >= 4 is 53.7 Å². The fraction of sp³-hybridized carbons (Fsp3) is 0.458. The lowest BCUT2D eigenvalue weighted by Crippen LogP contribution is -2.42. The van der Waals surface area contributed by atoms with Gasteiger partial charge < -0.3 is 14.8 Å². The third-order valence-electron chi connectivity index (χ3n) is 7.12. The summed E-state index contributed by atoms with van der Waals surface area (Å²) in [5, 5.41) is 14.2. The Morgan fingerprint density at radius 1 is 0.941 bits per heavy atom. The molecule has 1 aromatic carbocycles. The van der Waals surface area contributed by atoms with Crippen LogP contribution in [0, 0.1) is 0 Å². The zero-order valence-electron chi connectivity index (χ0n) is 19.1. The number of rotatable bonds is 4. The summed E-state index contributed by atoms with van der Waals surface area (Å²) in [5.41, 5.74) is 2.13. The molecule has 6 nitrogen and oxygen atoms in total. The Balaban J connectivity index is 0.00000162. The molecule has 2 saturated heterocycles. The van der Waals surface area contributed by atoms with Gasteiger partial charge in [0.25, 0.3) is 0 Å². The molecule has 0 spiro atoms. The van der Waals surface area contributed by atoms with Gasteiger partial charge in [-0.2, -0.15) is 0 Å². The Kier molecular flexibility index (Phi) is 9.10. The van der Waals surface area contributed by atoms with E-state index < -0.39 is 0 Å². The van der Waals surface area contributed by atoms with Gasteiger partial charge in [-0.25, -0.2) is 0 Å². The topological polar surface area (TPSA) is 58.9 Å². The predicted octanol–water partition coefficient (Wildman–Crippen LogP) is 5.41. The monoisotopic (exact) mass is 542 g/mol. The molecule has 2 aliphatic rings. The van der Waals surface area contributed by atoms with Crippen LogP contribution in [0.4, 0.5) is 5.69 Å². The van der Waals surface area contributed by atoms with E-state index in [1.165, 1.54) is 5.56 Å². The van der Waals surface area contributed by atoms with Gasteiger partial charge in [-0.05, 0) is 44.3 Å². The van der Waals surface area contributed by atoms with Crippen molar-refractivity contribution in [2.75, 3.05) is 31.1 Å². The maximum Gasteiger partial charge on any atom is 0.143 e. The number of nitrogens with one attached hydrogen (secondary N) is 1. The molecule has 1 N–H and O–H groups in total. The first-order chi connectivity index (χ1) is 15.6. The highest BCUT2D eigenvalue weighted by Crippen LogP contribution is 2.41. The van der Waals surface area contributed by atoms with Crippen LogP contribution in [0.5, 0.6) is 0 Å². The first kappa shape index (κ1) is 27.0. The smallest absolute Gasteiger partial charge is 0.143 e. The van der Waals surface area contributed by atoms with Crippen molar-refractivity contribution in [3.63, 3.8) is 0 Å². The van der Waals surface area contributed by atoms with Crippen LogP contribution < -0.4 is 10.2 Å². The Bertz CT molecular complexity index is 1060. The van der Waals surface area contributed by atoms with Crippen LogP contribution in [0.1, 0.15) is 48.8 Å². The van der Waals surface area contributed by atoms with E-state index in [0.29, 0.717) is 16.0 Å². The van der Waals surface area contributed by atoms with E-state index in [1.807, 2.05) is 0 Å².